The van der Waals surface area contributed by atoms with E-state index >= 15 is 0 Å². The van der Waals surface area contributed by atoms with Crippen molar-refractivity contribution in [3.05, 3.63) is 40.3 Å². The van der Waals surface area contributed by atoms with E-state index in [2.05, 4.69) is 20.9 Å². The van der Waals surface area contributed by atoms with Gasteiger partial charge in [0.1, 0.15) is 11.6 Å². The number of aryl methyl sites for hydroxylation is 1. The minimum Gasteiger partial charge on any atom is -0.496 e. The standard InChI is InChI=1S/C17H22BrN3O3S2/c1-11(2)16-19-15(10-20(16)3)26(22,23)21-7-8-25-17(21)12-5-6-14(24-4)13(18)9-12/h5-6,9-11,17H,7-8H2,1-4H3. The highest BCUT2D eigenvalue weighted by Gasteiger charge is 2.38. The van der Waals surface area contributed by atoms with Crippen LogP contribution in [0.15, 0.2) is 33.9 Å². The molecule has 9 heteroatoms. The Morgan fingerprint density at radius 2 is 2.12 bits per heavy atom. The Morgan fingerprint density at radius 1 is 1.38 bits per heavy atom. The highest BCUT2D eigenvalue weighted by molar-refractivity contribution is 9.10. The molecule has 6 nitrogen and oxygen atoms in total. The molecule has 1 atom stereocenters. The number of halogens is 1. The Hall–Kier alpha value is -1.03. The highest BCUT2D eigenvalue weighted by Crippen LogP contribution is 2.43. The van der Waals surface area contributed by atoms with Crippen LogP contribution >= 0.6 is 27.7 Å². The first-order valence-corrected chi connectivity index (χ1v) is 11.5. The van der Waals surface area contributed by atoms with Crippen LogP contribution in [0.4, 0.5) is 0 Å². The van der Waals surface area contributed by atoms with E-state index in [4.69, 9.17) is 4.74 Å². The number of benzene rings is 1. The number of aromatic nitrogens is 2. The molecular formula is C17H22BrN3O3S2. The summed E-state index contributed by atoms with van der Waals surface area (Å²) in [5, 5.41) is -0.157. The topological polar surface area (TPSA) is 64.4 Å². The molecule has 0 saturated carbocycles. The van der Waals surface area contributed by atoms with Crippen LogP contribution in [0.2, 0.25) is 0 Å². The summed E-state index contributed by atoms with van der Waals surface area (Å²) in [5.41, 5.74) is 0.920. The molecule has 2 heterocycles. The number of hydrogen-bond acceptors (Lipinski definition) is 5. The number of hydrogen-bond donors (Lipinski definition) is 0. The molecule has 1 aromatic heterocycles. The molecule has 0 N–H and O–H groups in total. The van der Waals surface area contributed by atoms with Gasteiger partial charge in [0.2, 0.25) is 0 Å². The van der Waals surface area contributed by atoms with Crippen molar-refractivity contribution in [2.75, 3.05) is 19.4 Å². The molecule has 0 amide bonds. The van der Waals surface area contributed by atoms with E-state index in [0.29, 0.717) is 6.54 Å². The van der Waals surface area contributed by atoms with Gasteiger partial charge in [0, 0.05) is 31.5 Å². The lowest BCUT2D eigenvalue weighted by molar-refractivity contribution is 0.410. The highest BCUT2D eigenvalue weighted by atomic mass is 79.9. The predicted molar refractivity (Wildman–Crippen MR) is 107 cm³/mol. The average molecular weight is 460 g/mol. The summed E-state index contributed by atoms with van der Waals surface area (Å²) in [6.45, 7) is 4.47. The molecule has 2 aromatic rings. The average Bonchev–Trinajstić information content (AvgIpc) is 3.22. The van der Waals surface area contributed by atoms with Crippen LogP contribution in [-0.2, 0) is 17.1 Å². The first kappa shape index (κ1) is 19.7. The van der Waals surface area contributed by atoms with Crippen molar-refractivity contribution in [1.82, 2.24) is 13.9 Å². The zero-order chi connectivity index (χ0) is 19.1. The van der Waals surface area contributed by atoms with Gasteiger partial charge < -0.3 is 9.30 Å². The zero-order valence-corrected chi connectivity index (χ0v) is 18.4. The summed E-state index contributed by atoms with van der Waals surface area (Å²) in [5.74, 6) is 2.39. The third-order valence-corrected chi connectivity index (χ3v) is 8.04. The molecule has 1 saturated heterocycles. The maximum Gasteiger partial charge on any atom is 0.263 e. The van der Waals surface area contributed by atoms with Gasteiger partial charge in [0.15, 0.2) is 5.03 Å². The molecule has 1 aliphatic rings. The SMILES string of the molecule is COc1ccc(C2SCCN2S(=O)(=O)c2cn(C)c(C(C)C)n2)cc1Br. The van der Waals surface area contributed by atoms with Gasteiger partial charge in [-0.1, -0.05) is 19.9 Å². The summed E-state index contributed by atoms with van der Waals surface area (Å²) in [6.07, 6.45) is 1.61. The van der Waals surface area contributed by atoms with E-state index in [1.807, 2.05) is 39.1 Å². The van der Waals surface area contributed by atoms with Gasteiger partial charge in [-0.05, 0) is 33.6 Å². The Labute approximate surface area is 167 Å². The predicted octanol–water partition coefficient (Wildman–Crippen LogP) is 3.75. The van der Waals surface area contributed by atoms with Crippen molar-refractivity contribution < 1.29 is 13.2 Å². The Bertz CT molecular complexity index is 912. The third kappa shape index (κ3) is 3.54. The first-order valence-electron chi connectivity index (χ1n) is 8.26. The summed E-state index contributed by atoms with van der Waals surface area (Å²) < 4.78 is 35.8. The Kier molecular flexibility index (Phi) is 5.72. The Balaban J connectivity index is 1.96. The van der Waals surface area contributed by atoms with Crippen LogP contribution in [0.5, 0.6) is 5.75 Å². The molecule has 3 rings (SSSR count). The van der Waals surface area contributed by atoms with Crippen molar-refractivity contribution in [3.8, 4) is 5.75 Å². The number of imidazole rings is 1. The van der Waals surface area contributed by atoms with Crippen molar-refractivity contribution >= 4 is 37.7 Å². The molecule has 1 unspecified atom stereocenters. The van der Waals surface area contributed by atoms with Gasteiger partial charge in [-0.25, -0.2) is 13.4 Å². The van der Waals surface area contributed by atoms with Crippen LogP contribution in [0.3, 0.4) is 0 Å². The minimum absolute atomic E-state index is 0.115. The van der Waals surface area contributed by atoms with Crippen LogP contribution in [0.25, 0.3) is 0 Å². The van der Waals surface area contributed by atoms with Crippen LogP contribution in [0, 0.1) is 0 Å². The maximum atomic E-state index is 13.2. The van der Waals surface area contributed by atoms with Crippen molar-refractivity contribution in [3.63, 3.8) is 0 Å². The van der Waals surface area contributed by atoms with Gasteiger partial charge in [0.05, 0.1) is 17.0 Å². The van der Waals surface area contributed by atoms with Gasteiger partial charge in [0.25, 0.3) is 10.0 Å². The lowest BCUT2D eigenvalue weighted by Gasteiger charge is -2.23. The summed E-state index contributed by atoms with van der Waals surface area (Å²) in [7, 11) is -0.229. The molecule has 26 heavy (non-hydrogen) atoms. The lowest BCUT2D eigenvalue weighted by Crippen LogP contribution is -2.30. The number of rotatable bonds is 5. The fourth-order valence-electron chi connectivity index (χ4n) is 3.03. The van der Waals surface area contributed by atoms with E-state index in [1.165, 1.54) is 0 Å². The van der Waals surface area contributed by atoms with E-state index in [9.17, 15) is 8.42 Å². The van der Waals surface area contributed by atoms with Crippen LogP contribution in [-0.4, -0.2) is 41.7 Å². The number of ether oxygens (including phenoxy) is 1. The van der Waals surface area contributed by atoms with Crippen molar-refractivity contribution in [2.24, 2.45) is 7.05 Å². The van der Waals surface area contributed by atoms with E-state index in [1.54, 1.807) is 33.9 Å². The second kappa shape index (κ2) is 7.53. The quantitative estimate of drug-likeness (QED) is 0.680. The number of nitrogens with zero attached hydrogens (tertiary/aromatic N) is 3. The van der Waals surface area contributed by atoms with Crippen LogP contribution < -0.4 is 4.74 Å². The summed E-state index contributed by atoms with van der Waals surface area (Å²) >= 11 is 5.10. The lowest BCUT2D eigenvalue weighted by atomic mass is 10.2. The Morgan fingerprint density at radius 3 is 2.69 bits per heavy atom. The van der Waals surface area contributed by atoms with E-state index < -0.39 is 10.0 Å². The third-order valence-electron chi connectivity index (χ3n) is 4.29. The van der Waals surface area contributed by atoms with Gasteiger partial charge >= 0.3 is 0 Å². The normalized spacial score (nSPS) is 18.6. The number of methoxy groups -OCH3 is 1. The van der Waals surface area contributed by atoms with E-state index in [0.717, 1.165) is 27.4 Å². The largest absolute Gasteiger partial charge is 0.496 e. The van der Waals surface area contributed by atoms with E-state index in [-0.39, 0.29) is 16.3 Å². The zero-order valence-electron chi connectivity index (χ0n) is 15.1. The molecule has 0 spiro atoms. The van der Waals surface area contributed by atoms with Gasteiger partial charge in [-0.15, -0.1) is 11.8 Å². The van der Waals surface area contributed by atoms with Crippen molar-refractivity contribution in [2.45, 2.75) is 30.2 Å². The smallest absolute Gasteiger partial charge is 0.263 e. The molecule has 1 aliphatic heterocycles. The fraction of sp³-hybridized carbons (Fsp3) is 0.471. The molecule has 1 aromatic carbocycles. The maximum absolute atomic E-state index is 13.2. The molecule has 142 valence electrons. The fourth-order valence-corrected chi connectivity index (χ4v) is 6.81. The monoisotopic (exact) mass is 459 g/mol. The first-order chi connectivity index (χ1) is 12.3. The molecule has 0 aliphatic carbocycles. The summed E-state index contributed by atoms with van der Waals surface area (Å²) in [4.78, 5) is 4.39. The second-order valence-corrected chi connectivity index (χ2v) is 10.3. The number of sulfonamides is 1. The van der Waals surface area contributed by atoms with Crippen molar-refractivity contribution in [1.29, 1.82) is 0 Å². The number of thioether (sulfide) groups is 1. The van der Waals surface area contributed by atoms with Gasteiger partial charge in [-0.3, -0.25) is 0 Å². The molecular weight excluding hydrogens is 438 g/mol. The minimum atomic E-state index is -3.67. The molecule has 1 fully saturated rings. The molecule has 0 bridgehead atoms. The van der Waals surface area contributed by atoms with Crippen LogP contribution in [0.1, 0.15) is 36.5 Å². The summed E-state index contributed by atoms with van der Waals surface area (Å²) in [6, 6.07) is 5.68. The second-order valence-electron chi connectivity index (χ2n) is 6.44. The van der Waals surface area contributed by atoms with Gasteiger partial charge in [-0.2, -0.15) is 4.31 Å². The molecule has 0 radical (unpaired) electrons.